The quantitative estimate of drug-likeness (QED) is 0.416. The zero-order valence-electron chi connectivity index (χ0n) is 14.8. The van der Waals surface area contributed by atoms with Crippen molar-refractivity contribution in [2.24, 2.45) is 5.92 Å². The van der Waals surface area contributed by atoms with Crippen molar-refractivity contribution in [3.63, 3.8) is 0 Å². The van der Waals surface area contributed by atoms with Crippen molar-refractivity contribution < 1.29 is 14.3 Å². The minimum atomic E-state index is -0.314. The van der Waals surface area contributed by atoms with Crippen LogP contribution in [0.15, 0.2) is 17.7 Å². The first-order chi connectivity index (χ1) is 12.0. The highest BCUT2D eigenvalue weighted by Gasteiger charge is 2.24. The van der Waals surface area contributed by atoms with Crippen LogP contribution in [-0.4, -0.2) is 26.2 Å². The molecule has 0 bridgehead atoms. The summed E-state index contributed by atoms with van der Waals surface area (Å²) in [6, 6.07) is 5.77. The summed E-state index contributed by atoms with van der Waals surface area (Å²) in [5.74, 6) is 1.34. The summed E-state index contributed by atoms with van der Waals surface area (Å²) in [6.45, 7) is 2.15. The average Bonchev–Trinajstić information content (AvgIpc) is 2.60. The van der Waals surface area contributed by atoms with E-state index in [0.29, 0.717) is 17.4 Å². The number of rotatable bonds is 5. The van der Waals surface area contributed by atoms with Gasteiger partial charge in [0.2, 0.25) is 0 Å². The third kappa shape index (κ3) is 4.88. The summed E-state index contributed by atoms with van der Waals surface area (Å²) in [6.07, 6.45) is 6.00. The minimum absolute atomic E-state index is 0.0980. The van der Waals surface area contributed by atoms with Crippen molar-refractivity contribution in [2.75, 3.05) is 14.2 Å². The van der Waals surface area contributed by atoms with Crippen LogP contribution >= 0.6 is 22.6 Å². The van der Waals surface area contributed by atoms with E-state index in [1.165, 1.54) is 6.42 Å². The highest BCUT2D eigenvalue weighted by molar-refractivity contribution is 14.1. The van der Waals surface area contributed by atoms with Gasteiger partial charge >= 0.3 is 0 Å². The summed E-state index contributed by atoms with van der Waals surface area (Å²) in [5.41, 5.74) is 0.825. The number of nitrogens with one attached hydrogen (secondary N) is 1. The van der Waals surface area contributed by atoms with Crippen LogP contribution in [0.3, 0.4) is 0 Å². The van der Waals surface area contributed by atoms with E-state index >= 15 is 0 Å². The predicted molar refractivity (Wildman–Crippen MR) is 105 cm³/mol. The smallest absolute Gasteiger partial charge is 0.262 e. The molecular formula is C19H23IN2O3. The highest BCUT2D eigenvalue weighted by atomic mass is 127. The Morgan fingerprint density at radius 1 is 1.32 bits per heavy atom. The lowest BCUT2D eigenvalue weighted by Crippen LogP contribution is -2.41. The zero-order chi connectivity index (χ0) is 18.4. The molecule has 0 aromatic heterocycles. The van der Waals surface area contributed by atoms with Crippen LogP contribution in [0.2, 0.25) is 0 Å². The van der Waals surface area contributed by atoms with Gasteiger partial charge in [0.15, 0.2) is 11.5 Å². The number of amides is 1. The molecule has 1 aromatic rings. The molecule has 1 aromatic carbocycles. The third-order valence-corrected chi connectivity index (χ3v) is 5.36. The van der Waals surface area contributed by atoms with Crippen LogP contribution in [0.1, 0.15) is 38.2 Å². The normalized spacial score (nSPS) is 20.5. The van der Waals surface area contributed by atoms with Crippen LogP contribution in [0.4, 0.5) is 0 Å². The number of carbonyl (C=O) groups excluding carboxylic acids is 1. The zero-order valence-corrected chi connectivity index (χ0v) is 16.9. The van der Waals surface area contributed by atoms with Gasteiger partial charge in [-0.2, -0.15) is 5.26 Å². The molecule has 0 aliphatic heterocycles. The van der Waals surface area contributed by atoms with Crippen LogP contribution in [0, 0.1) is 20.8 Å². The molecule has 5 nitrogen and oxygen atoms in total. The van der Waals surface area contributed by atoms with E-state index in [0.717, 1.165) is 28.4 Å². The lowest BCUT2D eigenvalue weighted by atomic mass is 9.86. The summed E-state index contributed by atoms with van der Waals surface area (Å²) in [5, 5.41) is 12.4. The van der Waals surface area contributed by atoms with Crippen LogP contribution in [0.5, 0.6) is 11.5 Å². The Kier molecular flexibility index (Phi) is 7.12. The molecule has 0 unspecified atom stereocenters. The molecule has 0 saturated heterocycles. The first-order valence-corrected chi connectivity index (χ1v) is 9.42. The number of nitriles is 1. The van der Waals surface area contributed by atoms with E-state index in [9.17, 15) is 10.1 Å². The molecule has 2 atom stereocenters. The van der Waals surface area contributed by atoms with Gasteiger partial charge in [0, 0.05) is 6.04 Å². The fourth-order valence-electron chi connectivity index (χ4n) is 3.11. The number of hydrogen-bond acceptors (Lipinski definition) is 4. The molecule has 25 heavy (non-hydrogen) atoms. The monoisotopic (exact) mass is 454 g/mol. The van der Waals surface area contributed by atoms with Gasteiger partial charge in [-0.15, -0.1) is 0 Å². The SMILES string of the molecule is COc1cc(/C=C(\C#N)C(=O)N[C@@H]2CCCC[C@@H]2C)cc(I)c1OC. The van der Waals surface area contributed by atoms with E-state index in [-0.39, 0.29) is 17.5 Å². The number of halogens is 1. The van der Waals surface area contributed by atoms with Crippen molar-refractivity contribution >= 4 is 34.6 Å². The first kappa shape index (κ1) is 19.6. The molecule has 0 radical (unpaired) electrons. The van der Waals surface area contributed by atoms with E-state index in [4.69, 9.17) is 9.47 Å². The van der Waals surface area contributed by atoms with Gasteiger partial charge in [-0.05, 0) is 65.1 Å². The number of nitrogens with zero attached hydrogens (tertiary/aromatic N) is 1. The first-order valence-electron chi connectivity index (χ1n) is 8.34. The lowest BCUT2D eigenvalue weighted by molar-refractivity contribution is -0.118. The summed E-state index contributed by atoms with van der Waals surface area (Å²) < 4.78 is 11.5. The molecule has 6 heteroatoms. The molecule has 1 N–H and O–H groups in total. The van der Waals surface area contributed by atoms with Gasteiger partial charge in [-0.25, -0.2) is 0 Å². The summed E-state index contributed by atoms with van der Waals surface area (Å²) in [4.78, 5) is 12.5. The molecule has 2 rings (SSSR count). The van der Waals surface area contributed by atoms with Gasteiger partial charge in [0.25, 0.3) is 5.91 Å². The molecule has 1 aliphatic carbocycles. The second-order valence-corrected chi connectivity index (χ2v) is 7.41. The standard InChI is InChI=1S/C19H23IN2O3/c1-12-6-4-5-7-16(12)22-19(23)14(11-21)8-13-9-15(20)18(25-3)17(10-13)24-2/h8-10,12,16H,4-7H2,1-3H3,(H,22,23)/b14-8+/t12-,16+/m0/s1. The molecule has 1 amide bonds. The number of carbonyl (C=O) groups is 1. The summed E-state index contributed by atoms with van der Waals surface area (Å²) >= 11 is 2.14. The molecule has 0 heterocycles. The Labute approximate surface area is 162 Å². The van der Waals surface area contributed by atoms with Crippen molar-refractivity contribution in [3.8, 4) is 17.6 Å². The largest absolute Gasteiger partial charge is 0.493 e. The Morgan fingerprint density at radius 2 is 2.04 bits per heavy atom. The van der Waals surface area contributed by atoms with Crippen molar-refractivity contribution in [3.05, 3.63) is 26.8 Å². The molecule has 134 valence electrons. The molecule has 1 aliphatic rings. The fraction of sp³-hybridized carbons (Fsp3) is 0.474. The Morgan fingerprint density at radius 3 is 2.64 bits per heavy atom. The maximum atomic E-state index is 12.5. The predicted octanol–water partition coefficient (Wildman–Crippen LogP) is 3.91. The molecule has 0 spiro atoms. The average molecular weight is 454 g/mol. The number of ether oxygens (including phenoxy) is 2. The fourth-order valence-corrected chi connectivity index (χ4v) is 3.96. The highest BCUT2D eigenvalue weighted by Crippen LogP contribution is 2.34. The van der Waals surface area contributed by atoms with E-state index in [2.05, 4.69) is 34.8 Å². The molecular weight excluding hydrogens is 431 g/mol. The maximum Gasteiger partial charge on any atom is 0.262 e. The minimum Gasteiger partial charge on any atom is -0.493 e. The van der Waals surface area contributed by atoms with Crippen LogP contribution in [0.25, 0.3) is 6.08 Å². The maximum absolute atomic E-state index is 12.5. The van der Waals surface area contributed by atoms with Crippen molar-refractivity contribution in [2.45, 2.75) is 38.6 Å². The van der Waals surface area contributed by atoms with E-state index in [1.54, 1.807) is 26.4 Å². The number of methoxy groups -OCH3 is 2. The van der Waals surface area contributed by atoms with Gasteiger partial charge in [0.1, 0.15) is 11.6 Å². The van der Waals surface area contributed by atoms with Gasteiger partial charge in [-0.3, -0.25) is 4.79 Å². The van der Waals surface area contributed by atoms with Gasteiger partial charge in [0.05, 0.1) is 17.8 Å². The third-order valence-electron chi connectivity index (χ3n) is 4.56. The van der Waals surface area contributed by atoms with Crippen molar-refractivity contribution in [1.82, 2.24) is 5.32 Å². The second-order valence-electron chi connectivity index (χ2n) is 6.25. The van der Waals surface area contributed by atoms with Gasteiger partial charge in [-0.1, -0.05) is 19.8 Å². The van der Waals surface area contributed by atoms with Gasteiger partial charge < -0.3 is 14.8 Å². The van der Waals surface area contributed by atoms with E-state index in [1.807, 2.05) is 12.1 Å². The van der Waals surface area contributed by atoms with Crippen molar-refractivity contribution in [1.29, 1.82) is 5.26 Å². The topological polar surface area (TPSA) is 71.3 Å². The Bertz CT molecular complexity index is 709. The van der Waals surface area contributed by atoms with Crippen LogP contribution < -0.4 is 14.8 Å². The molecule has 1 saturated carbocycles. The lowest BCUT2D eigenvalue weighted by Gasteiger charge is -2.29. The van der Waals surface area contributed by atoms with E-state index < -0.39 is 0 Å². The number of benzene rings is 1. The Hall–Kier alpha value is -1.75. The Balaban J connectivity index is 2.23. The van der Waals surface area contributed by atoms with Crippen LogP contribution in [-0.2, 0) is 4.79 Å². The summed E-state index contributed by atoms with van der Waals surface area (Å²) in [7, 11) is 3.14. The molecule has 1 fully saturated rings. The second kappa shape index (κ2) is 9.09. The number of hydrogen-bond donors (Lipinski definition) is 1.